The van der Waals surface area contributed by atoms with Crippen molar-refractivity contribution in [2.75, 3.05) is 34.2 Å². The molecule has 5 nitrogen and oxygen atoms in total. The number of hydrogen-bond donors (Lipinski definition) is 2. The molecule has 0 fully saturated rings. The molecule has 164 valence electrons. The SMILES string of the molecule is CN=C(NCCCc1ccc(Cl)cc1Cl)NCCc1cccc(C(=O)N(C)C)c1.I. The highest BCUT2D eigenvalue weighted by Crippen LogP contribution is 2.21. The largest absolute Gasteiger partial charge is 0.356 e. The summed E-state index contributed by atoms with van der Waals surface area (Å²) in [7, 11) is 5.27. The predicted octanol–water partition coefficient (Wildman–Crippen LogP) is 4.65. The number of guanidine groups is 1. The van der Waals surface area contributed by atoms with E-state index in [1.165, 1.54) is 0 Å². The average Bonchev–Trinajstić information content (AvgIpc) is 2.70. The Kier molecular flexibility index (Phi) is 12.1. The number of rotatable bonds is 8. The first-order chi connectivity index (χ1) is 13.9. The van der Waals surface area contributed by atoms with Gasteiger partial charge < -0.3 is 15.5 Å². The maximum Gasteiger partial charge on any atom is 0.253 e. The summed E-state index contributed by atoms with van der Waals surface area (Å²) < 4.78 is 0. The van der Waals surface area contributed by atoms with Crippen molar-refractivity contribution in [2.45, 2.75) is 19.3 Å². The van der Waals surface area contributed by atoms with Crippen molar-refractivity contribution in [1.29, 1.82) is 0 Å². The van der Waals surface area contributed by atoms with Crippen LogP contribution in [0.5, 0.6) is 0 Å². The average molecular weight is 563 g/mol. The highest BCUT2D eigenvalue weighted by Gasteiger charge is 2.08. The van der Waals surface area contributed by atoms with Crippen LogP contribution in [0.3, 0.4) is 0 Å². The van der Waals surface area contributed by atoms with E-state index in [4.69, 9.17) is 23.2 Å². The summed E-state index contributed by atoms with van der Waals surface area (Å²) >= 11 is 12.1. The van der Waals surface area contributed by atoms with Gasteiger partial charge in [0.25, 0.3) is 5.91 Å². The molecule has 0 aliphatic heterocycles. The minimum Gasteiger partial charge on any atom is -0.356 e. The second-order valence-corrected chi connectivity index (χ2v) is 7.76. The maximum atomic E-state index is 12.1. The molecule has 0 unspecified atom stereocenters. The summed E-state index contributed by atoms with van der Waals surface area (Å²) in [6, 6.07) is 13.3. The standard InChI is InChI=1S/C22H28Cl2N4O.HI/c1-25-22(26-12-5-8-17-9-10-19(23)15-20(17)24)27-13-11-16-6-4-7-18(14-16)21(29)28(2)3;/h4,6-7,9-10,14-15H,5,8,11-13H2,1-3H3,(H2,25,26,27);1H. The lowest BCUT2D eigenvalue weighted by atomic mass is 10.1. The quantitative estimate of drug-likeness (QED) is 0.213. The molecule has 0 spiro atoms. The first-order valence-electron chi connectivity index (χ1n) is 9.59. The molecule has 1 amide bonds. The Bertz CT molecular complexity index is 859. The minimum atomic E-state index is 0. The van der Waals surface area contributed by atoms with Crippen molar-refractivity contribution < 1.29 is 4.79 Å². The van der Waals surface area contributed by atoms with Crippen molar-refractivity contribution in [2.24, 2.45) is 4.99 Å². The number of aryl methyl sites for hydroxylation is 1. The van der Waals surface area contributed by atoms with Gasteiger partial charge in [-0.3, -0.25) is 9.79 Å². The number of hydrogen-bond acceptors (Lipinski definition) is 2. The van der Waals surface area contributed by atoms with Crippen LogP contribution in [0.15, 0.2) is 47.5 Å². The molecule has 0 aliphatic carbocycles. The van der Waals surface area contributed by atoms with E-state index in [1.807, 2.05) is 36.4 Å². The molecule has 0 bridgehead atoms. The van der Waals surface area contributed by atoms with Crippen LogP contribution in [-0.2, 0) is 12.8 Å². The van der Waals surface area contributed by atoms with Crippen LogP contribution < -0.4 is 10.6 Å². The first kappa shape index (κ1) is 26.5. The van der Waals surface area contributed by atoms with Gasteiger partial charge in [-0.2, -0.15) is 0 Å². The maximum absolute atomic E-state index is 12.1. The number of nitrogens with zero attached hydrogens (tertiary/aromatic N) is 2. The Labute approximate surface area is 206 Å². The summed E-state index contributed by atoms with van der Waals surface area (Å²) in [4.78, 5) is 17.9. The van der Waals surface area contributed by atoms with Gasteiger partial charge in [-0.1, -0.05) is 41.4 Å². The van der Waals surface area contributed by atoms with Crippen molar-refractivity contribution in [1.82, 2.24) is 15.5 Å². The molecule has 0 aliphatic rings. The summed E-state index contributed by atoms with van der Waals surface area (Å²) in [6.45, 7) is 1.51. The number of aliphatic imine (C=N–C) groups is 1. The lowest BCUT2D eigenvalue weighted by Gasteiger charge is -2.13. The highest BCUT2D eigenvalue weighted by atomic mass is 127. The zero-order valence-corrected chi connectivity index (χ0v) is 21.4. The lowest BCUT2D eigenvalue weighted by Crippen LogP contribution is -2.38. The van der Waals surface area contributed by atoms with Crippen LogP contribution in [0.1, 0.15) is 27.9 Å². The smallest absolute Gasteiger partial charge is 0.253 e. The number of carbonyl (C=O) groups is 1. The molecule has 0 aromatic heterocycles. The zero-order chi connectivity index (χ0) is 21.2. The first-order valence-corrected chi connectivity index (χ1v) is 10.4. The fraction of sp³-hybridized carbons (Fsp3) is 0.364. The molecular weight excluding hydrogens is 534 g/mol. The monoisotopic (exact) mass is 562 g/mol. The van der Waals surface area contributed by atoms with E-state index in [2.05, 4.69) is 15.6 Å². The van der Waals surface area contributed by atoms with E-state index in [-0.39, 0.29) is 29.9 Å². The Morgan fingerprint density at radius 3 is 2.43 bits per heavy atom. The van der Waals surface area contributed by atoms with Gasteiger partial charge in [0.2, 0.25) is 0 Å². The van der Waals surface area contributed by atoms with Gasteiger partial charge in [0.15, 0.2) is 5.96 Å². The Morgan fingerprint density at radius 1 is 1.03 bits per heavy atom. The second-order valence-electron chi connectivity index (χ2n) is 6.92. The molecule has 0 radical (unpaired) electrons. The summed E-state index contributed by atoms with van der Waals surface area (Å²) in [5.74, 6) is 0.769. The molecule has 2 rings (SSSR count). The van der Waals surface area contributed by atoms with Gasteiger partial charge in [-0.05, 0) is 54.7 Å². The number of halogens is 3. The third-order valence-electron chi connectivity index (χ3n) is 4.44. The molecule has 2 N–H and O–H groups in total. The van der Waals surface area contributed by atoms with Crippen LogP contribution in [0.25, 0.3) is 0 Å². The van der Waals surface area contributed by atoms with Crippen molar-refractivity contribution in [3.63, 3.8) is 0 Å². The van der Waals surface area contributed by atoms with E-state index >= 15 is 0 Å². The predicted molar refractivity (Wildman–Crippen MR) is 138 cm³/mol. The third kappa shape index (κ3) is 8.70. The Hall–Kier alpha value is -1.51. The second kappa shape index (κ2) is 13.7. The summed E-state index contributed by atoms with van der Waals surface area (Å²) in [5.41, 5.74) is 2.90. The van der Waals surface area contributed by atoms with Crippen molar-refractivity contribution in [3.05, 3.63) is 69.2 Å². The molecule has 2 aromatic rings. The van der Waals surface area contributed by atoms with E-state index < -0.39 is 0 Å². The van der Waals surface area contributed by atoms with Gasteiger partial charge >= 0.3 is 0 Å². The van der Waals surface area contributed by atoms with E-state index in [0.717, 1.165) is 49.4 Å². The number of carbonyl (C=O) groups excluding carboxylic acids is 1. The molecule has 0 saturated carbocycles. The number of benzene rings is 2. The minimum absolute atomic E-state index is 0. The Balaban J connectivity index is 0.00000450. The van der Waals surface area contributed by atoms with Gasteiger partial charge in [0.05, 0.1) is 0 Å². The van der Waals surface area contributed by atoms with Crippen LogP contribution in [0, 0.1) is 0 Å². The normalized spacial score (nSPS) is 10.9. The van der Waals surface area contributed by atoms with E-state index in [9.17, 15) is 4.79 Å². The van der Waals surface area contributed by atoms with E-state index in [0.29, 0.717) is 15.6 Å². The molecular formula is C22H29Cl2IN4O. The molecule has 8 heteroatoms. The highest BCUT2D eigenvalue weighted by molar-refractivity contribution is 14.0. The fourth-order valence-electron chi connectivity index (χ4n) is 2.87. The van der Waals surface area contributed by atoms with Crippen LogP contribution in [0.2, 0.25) is 10.0 Å². The molecule has 0 atom stereocenters. The van der Waals surface area contributed by atoms with Gasteiger partial charge in [-0.25, -0.2) is 0 Å². The molecule has 2 aromatic carbocycles. The van der Waals surface area contributed by atoms with Gasteiger partial charge in [0, 0.05) is 49.8 Å². The third-order valence-corrected chi connectivity index (χ3v) is 5.03. The molecule has 0 saturated heterocycles. The van der Waals surface area contributed by atoms with E-state index in [1.54, 1.807) is 32.1 Å². The molecule has 30 heavy (non-hydrogen) atoms. The molecule has 0 heterocycles. The van der Waals surface area contributed by atoms with Crippen molar-refractivity contribution in [3.8, 4) is 0 Å². The number of nitrogens with one attached hydrogen (secondary N) is 2. The fourth-order valence-corrected chi connectivity index (χ4v) is 3.38. The Morgan fingerprint density at radius 2 is 1.77 bits per heavy atom. The van der Waals surface area contributed by atoms with Crippen LogP contribution >= 0.6 is 47.2 Å². The summed E-state index contributed by atoms with van der Waals surface area (Å²) in [5, 5.41) is 7.97. The van der Waals surface area contributed by atoms with Crippen molar-refractivity contribution >= 4 is 59.0 Å². The van der Waals surface area contributed by atoms with Crippen LogP contribution in [-0.4, -0.2) is 51.0 Å². The van der Waals surface area contributed by atoms with Gasteiger partial charge in [-0.15, -0.1) is 24.0 Å². The lowest BCUT2D eigenvalue weighted by molar-refractivity contribution is 0.0827. The topological polar surface area (TPSA) is 56.7 Å². The van der Waals surface area contributed by atoms with Gasteiger partial charge in [0.1, 0.15) is 0 Å². The zero-order valence-electron chi connectivity index (χ0n) is 17.5. The number of amides is 1. The van der Waals surface area contributed by atoms with Crippen LogP contribution in [0.4, 0.5) is 0 Å². The summed E-state index contributed by atoms with van der Waals surface area (Å²) in [6.07, 6.45) is 2.60.